The summed E-state index contributed by atoms with van der Waals surface area (Å²) in [6.45, 7) is 5.69. The fraction of sp³-hybridized carbons (Fsp3) is 0.471. The molecule has 2 amide bonds. The largest absolute Gasteiger partial charge is 0.459 e. The second-order valence-corrected chi connectivity index (χ2v) is 7.79. The third-order valence-electron chi connectivity index (χ3n) is 3.37. The van der Waals surface area contributed by atoms with Crippen LogP contribution in [0, 0.1) is 5.41 Å². The fourth-order valence-corrected chi connectivity index (χ4v) is 3.19. The van der Waals surface area contributed by atoms with Crippen LogP contribution in [0.25, 0.3) is 0 Å². The van der Waals surface area contributed by atoms with Gasteiger partial charge in [0.15, 0.2) is 10.9 Å². The van der Waals surface area contributed by atoms with E-state index in [1.807, 2.05) is 14.1 Å². The van der Waals surface area contributed by atoms with Crippen LogP contribution in [0.2, 0.25) is 0 Å². The van der Waals surface area contributed by atoms with Crippen molar-refractivity contribution in [2.45, 2.75) is 20.3 Å². The van der Waals surface area contributed by atoms with E-state index in [0.29, 0.717) is 17.4 Å². The molecule has 0 aromatic carbocycles. The molecule has 8 heteroatoms. The van der Waals surface area contributed by atoms with Gasteiger partial charge in [0.1, 0.15) is 0 Å². The van der Waals surface area contributed by atoms with Crippen molar-refractivity contribution in [3.05, 3.63) is 35.2 Å². The maximum atomic E-state index is 12.1. The summed E-state index contributed by atoms with van der Waals surface area (Å²) in [6, 6.07) is 3.22. The number of thiazole rings is 1. The Kier molecular flexibility index (Phi) is 6.33. The second-order valence-electron chi connectivity index (χ2n) is 6.93. The topological polar surface area (TPSA) is 87.5 Å². The number of carbonyl (C=O) groups is 2. The molecule has 2 N–H and O–H groups in total. The highest BCUT2D eigenvalue weighted by Gasteiger charge is 2.20. The fourth-order valence-electron chi connectivity index (χ4n) is 2.49. The van der Waals surface area contributed by atoms with Gasteiger partial charge in [0.2, 0.25) is 5.91 Å². The average molecular weight is 364 g/mol. The van der Waals surface area contributed by atoms with Gasteiger partial charge in [0, 0.05) is 18.5 Å². The molecule has 2 aromatic heterocycles. The number of hydrogen-bond acceptors (Lipinski definition) is 6. The molecule has 136 valence electrons. The molecule has 0 fully saturated rings. The van der Waals surface area contributed by atoms with Gasteiger partial charge in [-0.1, -0.05) is 13.8 Å². The van der Waals surface area contributed by atoms with Crippen molar-refractivity contribution >= 4 is 28.3 Å². The number of nitrogens with zero attached hydrogens (tertiary/aromatic N) is 2. The third-order valence-corrected chi connectivity index (χ3v) is 4.17. The number of rotatable bonds is 8. The van der Waals surface area contributed by atoms with E-state index < -0.39 is 0 Å². The summed E-state index contributed by atoms with van der Waals surface area (Å²) in [5.41, 5.74) is 0.617. The van der Waals surface area contributed by atoms with Crippen molar-refractivity contribution < 1.29 is 14.0 Å². The molecule has 0 saturated carbocycles. The number of anilines is 1. The van der Waals surface area contributed by atoms with Gasteiger partial charge in [-0.15, -0.1) is 11.3 Å². The first-order valence-electron chi connectivity index (χ1n) is 7.96. The number of aromatic nitrogens is 1. The average Bonchev–Trinajstić information content (AvgIpc) is 3.16. The molecule has 0 radical (unpaired) electrons. The minimum Gasteiger partial charge on any atom is -0.459 e. The summed E-state index contributed by atoms with van der Waals surface area (Å²) < 4.78 is 5.03. The van der Waals surface area contributed by atoms with Crippen LogP contribution < -0.4 is 10.6 Å². The van der Waals surface area contributed by atoms with E-state index in [1.165, 1.54) is 17.6 Å². The highest BCUT2D eigenvalue weighted by Crippen LogP contribution is 2.18. The molecule has 0 saturated heterocycles. The van der Waals surface area contributed by atoms with E-state index in [-0.39, 0.29) is 29.4 Å². The minimum absolute atomic E-state index is 0.0105. The maximum absolute atomic E-state index is 12.1. The number of nitrogens with one attached hydrogen (secondary N) is 2. The Hall–Kier alpha value is -2.19. The van der Waals surface area contributed by atoms with Crippen LogP contribution in [-0.4, -0.2) is 48.9 Å². The molecule has 0 unspecified atom stereocenters. The Labute approximate surface area is 151 Å². The van der Waals surface area contributed by atoms with Crippen LogP contribution in [0.1, 0.15) is 30.1 Å². The van der Waals surface area contributed by atoms with E-state index in [9.17, 15) is 9.59 Å². The Morgan fingerprint density at radius 1 is 1.36 bits per heavy atom. The van der Waals surface area contributed by atoms with Gasteiger partial charge in [0.25, 0.3) is 5.91 Å². The van der Waals surface area contributed by atoms with Crippen LogP contribution >= 0.6 is 11.3 Å². The van der Waals surface area contributed by atoms with Crippen molar-refractivity contribution in [2.75, 3.05) is 32.5 Å². The maximum Gasteiger partial charge on any atom is 0.293 e. The highest BCUT2D eigenvalue weighted by atomic mass is 32.1. The molecule has 0 bridgehead atoms. The molecule has 2 rings (SSSR count). The highest BCUT2D eigenvalue weighted by molar-refractivity contribution is 7.14. The molecular formula is C17H24N4O3S. The second kappa shape index (κ2) is 8.26. The summed E-state index contributed by atoms with van der Waals surface area (Å²) in [7, 11) is 4.02. The smallest absolute Gasteiger partial charge is 0.293 e. The number of hydrogen-bond donors (Lipinski definition) is 2. The van der Waals surface area contributed by atoms with Crippen LogP contribution in [-0.2, 0) is 11.2 Å². The van der Waals surface area contributed by atoms with Crippen LogP contribution in [0.4, 0.5) is 5.13 Å². The Balaban J connectivity index is 1.82. The molecule has 0 spiro atoms. The van der Waals surface area contributed by atoms with Gasteiger partial charge in [-0.2, -0.15) is 0 Å². The van der Waals surface area contributed by atoms with E-state index in [1.54, 1.807) is 17.5 Å². The van der Waals surface area contributed by atoms with Gasteiger partial charge in [-0.3, -0.25) is 14.9 Å². The molecule has 2 aromatic rings. The molecule has 2 heterocycles. The first-order valence-corrected chi connectivity index (χ1v) is 8.84. The summed E-state index contributed by atoms with van der Waals surface area (Å²) in [4.78, 5) is 30.4. The lowest BCUT2D eigenvalue weighted by molar-refractivity contribution is -0.121. The van der Waals surface area contributed by atoms with Crippen molar-refractivity contribution in [1.82, 2.24) is 15.2 Å². The quantitative estimate of drug-likeness (QED) is 0.750. The van der Waals surface area contributed by atoms with Crippen molar-refractivity contribution in [3.8, 4) is 0 Å². The third kappa shape index (κ3) is 6.32. The zero-order chi connectivity index (χ0) is 18.4. The van der Waals surface area contributed by atoms with E-state index in [0.717, 1.165) is 6.54 Å². The first-order chi connectivity index (χ1) is 11.7. The van der Waals surface area contributed by atoms with Gasteiger partial charge >= 0.3 is 0 Å². The summed E-state index contributed by atoms with van der Waals surface area (Å²) >= 11 is 1.28. The normalized spacial score (nSPS) is 11.6. The lowest BCUT2D eigenvalue weighted by atomic mass is 9.93. The molecule has 0 aliphatic rings. The summed E-state index contributed by atoms with van der Waals surface area (Å²) in [5, 5.41) is 7.81. The van der Waals surface area contributed by atoms with E-state index >= 15 is 0 Å². The SMILES string of the molecule is CN(C)CC(C)(C)CNC(=O)Cc1csc(NC(=O)c2ccco2)n1. The van der Waals surface area contributed by atoms with Crippen molar-refractivity contribution in [3.63, 3.8) is 0 Å². The molecule has 0 aliphatic carbocycles. The van der Waals surface area contributed by atoms with Gasteiger partial charge < -0.3 is 14.6 Å². The van der Waals surface area contributed by atoms with E-state index in [2.05, 4.69) is 34.4 Å². The van der Waals surface area contributed by atoms with Gasteiger partial charge in [-0.25, -0.2) is 4.98 Å². The predicted octanol–water partition coefficient (Wildman–Crippen LogP) is 2.23. The van der Waals surface area contributed by atoms with E-state index in [4.69, 9.17) is 4.42 Å². The Bertz CT molecular complexity index is 707. The molecule has 7 nitrogen and oxygen atoms in total. The Morgan fingerprint density at radius 3 is 2.76 bits per heavy atom. The molecule has 0 atom stereocenters. The number of amides is 2. The molecule has 25 heavy (non-hydrogen) atoms. The molecule has 0 aliphatic heterocycles. The van der Waals surface area contributed by atoms with Gasteiger partial charge in [0.05, 0.1) is 18.4 Å². The number of furan rings is 1. The minimum atomic E-state index is -0.360. The zero-order valence-electron chi connectivity index (χ0n) is 15.0. The first kappa shape index (κ1) is 19.1. The van der Waals surface area contributed by atoms with Crippen LogP contribution in [0.5, 0.6) is 0 Å². The lowest BCUT2D eigenvalue weighted by Gasteiger charge is -2.28. The monoisotopic (exact) mass is 364 g/mol. The van der Waals surface area contributed by atoms with Crippen LogP contribution in [0.3, 0.4) is 0 Å². The molecular weight excluding hydrogens is 340 g/mol. The standard InChI is InChI=1S/C17H24N4O3S/c1-17(2,11-21(3)4)10-18-14(22)8-12-9-25-16(19-12)20-15(23)13-6-5-7-24-13/h5-7,9H,8,10-11H2,1-4H3,(H,18,22)(H,19,20,23). The lowest BCUT2D eigenvalue weighted by Crippen LogP contribution is -2.40. The van der Waals surface area contributed by atoms with Crippen molar-refractivity contribution in [2.24, 2.45) is 5.41 Å². The Morgan fingerprint density at radius 2 is 2.12 bits per heavy atom. The van der Waals surface area contributed by atoms with Gasteiger partial charge in [-0.05, 0) is 31.6 Å². The summed E-state index contributed by atoms with van der Waals surface area (Å²) in [6.07, 6.45) is 1.62. The van der Waals surface area contributed by atoms with Crippen LogP contribution in [0.15, 0.2) is 28.2 Å². The summed E-state index contributed by atoms with van der Waals surface area (Å²) in [5.74, 6) is -0.223. The number of carbonyl (C=O) groups excluding carboxylic acids is 2. The predicted molar refractivity (Wildman–Crippen MR) is 97.8 cm³/mol. The van der Waals surface area contributed by atoms with Crippen molar-refractivity contribution in [1.29, 1.82) is 0 Å². The zero-order valence-corrected chi connectivity index (χ0v) is 15.8.